The third kappa shape index (κ3) is 7.09. The number of carbonyl (C=O) groups is 1. The Kier molecular flexibility index (Phi) is 9.13. The number of rotatable bonds is 7. The lowest BCUT2D eigenvalue weighted by Crippen LogP contribution is -2.45. The molecule has 8 heteroatoms. The highest BCUT2D eigenvalue weighted by Crippen LogP contribution is 2.47. The van der Waals surface area contributed by atoms with Crippen molar-refractivity contribution in [3.05, 3.63) is 35.6 Å². The van der Waals surface area contributed by atoms with Crippen molar-refractivity contribution in [1.82, 2.24) is 15.5 Å². The Balaban J connectivity index is 0.00000300. The molecule has 1 unspecified atom stereocenters. The number of halogens is 2. The van der Waals surface area contributed by atoms with Gasteiger partial charge in [-0.1, -0.05) is 12.1 Å². The predicted molar refractivity (Wildman–Crippen MR) is 123 cm³/mol. The molecule has 1 aromatic carbocycles. The van der Waals surface area contributed by atoms with Crippen molar-refractivity contribution in [1.29, 1.82) is 0 Å². The minimum Gasteiger partial charge on any atom is -0.376 e. The molecular weight excluding hydrogens is 486 g/mol. The number of guanidine groups is 1. The van der Waals surface area contributed by atoms with Gasteiger partial charge in [-0.15, -0.1) is 24.0 Å². The molecule has 0 spiro atoms. The monoisotopic (exact) mass is 518 g/mol. The number of carbonyl (C=O) groups excluding carboxylic acids is 1. The molecule has 1 saturated carbocycles. The zero-order valence-electron chi connectivity index (χ0n) is 17.2. The molecule has 162 valence electrons. The van der Waals surface area contributed by atoms with E-state index < -0.39 is 0 Å². The minimum absolute atomic E-state index is 0. The smallest absolute Gasteiger partial charge is 0.243 e. The van der Waals surface area contributed by atoms with E-state index in [0.29, 0.717) is 19.0 Å². The molecule has 1 amide bonds. The molecule has 2 N–H and O–H groups in total. The van der Waals surface area contributed by atoms with Crippen LogP contribution < -0.4 is 10.6 Å². The van der Waals surface area contributed by atoms with E-state index in [2.05, 4.69) is 15.6 Å². The molecule has 1 atom stereocenters. The third-order valence-electron chi connectivity index (χ3n) is 5.53. The zero-order valence-corrected chi connectivity index (χ0v) is 19.6. The van der Waals surface area contributed by atoms with Crippen molar-refractivity contribution in [3.63, 3.8) is 0 Å². The van der Waals surface area contributed by atoms with Crippen molar-refractivity contribution in [2.24, 2.45) is 4.99 Å². The first kappa shape index (κ1) is 23.9. The van der Waals surface area contributed by atoms with Crippen LogP contribution in [-0.4, -0.2) is 63.2 Å². The number of aliphatic imine (C=N–C) groups is 1. The molecule has 6 nitrogen and oxygen atoms in total. The van der Waals surface area contributed by atoms with Crippen molar-refractivity contribution in [3.8, 4) is 0 Å². The molecule has 0 aromatic heterocycles. The summed E-state index contributed by atoms with van der Waals surface area (Å²) < 4.78 is 19.4. The van der Waals surface area contributed by atoms with Crippen LogP contribution in [0.25, 0.3) is 0 Å². The highest BCUT2D eigenvalue weighted by Gasteiger charge is 2.44. The molecule has 0 bridgehead atoms. The van der Waals surface area contributed by atoms with E-state index in [1.807, 2.05) is 6.07 Å². The van der Waals surface area contributed by atoms with Gasteiger partial charge in [0.15, 0.2) is 5.96 Å². The topological polar surface area (TPSA) is 66.0 Å². The molecule has 1 heterocycles. The van der Waals surface area contributed by atoms with Crippen LogP contribution in [0.4, 0.5) is 4.39 Å². The van der Waals surface area contributed by atoms with Crippen molar-refractivity contribution < 1.29 is 13.9 Å². The number of ether oxygens (including phenoxy) is 1. The van der Waals surface area contributed by atoms with E-state index in [1.54, 1.807) is 26.2 Å². The number of likely N-dealkylation sites (N-methyl/N-ethyl adjacent to an activating group) is 1. The summed E-state index contributed by atoms with van der Waals surface area (Å²) >= 11 is 0. The van der Waals surface area contributed by atoms with Crippen LogP contribution in [-0.2, 0) is 14.9 Å². The van der Waals surface area contributed by atoms with Gasteiger partial charge in [-0.25, -0.2) is 9.38 Å². The van der Waals surface area contributed by atoms with Crippen LogP contribution in [0.2, 0.25) is 0 Å². The SMILES string of the molecule is CN(C)C(=O)CN=C(NCC1CCCCO1)NCC1(c2cccc(F)c2)CC1.I. The third-order valence-corrected chi connectivity index (χ3v) is 5.53. The lowest BCUT2D eigenvalue weighted by atomic mass is 9.96. The summed E-state index contributed by atoms with van der Waals surface area (Å²) in [6, 6.07) is 6.82. The van der Waals surface area contributed by atoms with E-state index >= 15 is 0 Å². The van der Waals surface area contributed by atoms with Gasteiger partial charge in [0.2, 0.25) is 5.91 Å². The van der Waals surface area contributed by atoms with Gasteiger partial charge < -0.3 is 20.3 Å². The largest absolute Gasteiger partial charge is 0.376 e. The van der Waals surface area contributed by atoms with Gasteiger partial charge in [-0.3, -0.25) is 4.79 Å². The number of amides is 1. The molecule has 1 aromatic rings. The van der Waals surface area contributed by atoms with Gasteiger partial charge in [0.25, 0.3) is 0 Å². The summed E-state index contributed by atoms with van der Waals surface area (Å²) in [4.78, 5) is 17.9. The molecule has 29 heavy (non-hydrogen) atoms. The number of nitrogens with zero attached hydrogens (tertiary/aromatic N) is 2. The first-order valence-corrected chi connectivity index (χ1v) is 10.1. The van der Waals surface area contributed by atoms with Gasteiger partial charge in [-0.05, 0) is 49.8 Å². The second-order valence-electron chi connectivity index (χ2n) is 7.97. The van der Waals surface area contributed by atoms with Gasteiger partial charge in [-0.2, -0.15) is 0 Å². The van der Waals surface area contributed by atoms with Gasteiger partial charge in [0.1, 0.15) is 12.4 Å². The van der Waals surface area contributed by atoms with E-state index in [9.17, 15) is 9.18 Å². The van der Waals surface area contributed by atoms with Gasteiger partial charge >= 0.3 is 0 Å². The molecular formula is C21H32FIN4O2. The van der Waals surface area contributed by atoms with Crippen LogP contribution in [0.3, 0.4) is 0 Å². The van der Waals surface area contributed by atoms with Crippen LogP contribution in [0.5, 0.6) is 0 Å². The normalized spacial score (nSPS) is 20.4. The van der Waals surface area contributed by atoms with E-state index in [-0.39, 0.29) is 53.8 Å². The van der Waals surface area contributed by atoms with Crippen LogP contribution in [0.1, 0.15) is 37.7 Å². The van der Waals surface area contributed by atoms with Crippen molar-refractivity contribution in [2.75, 3.05) is 40.3 Å². The maximum atomic E-state index is 13.6. The Morgan fingerprint density at radius 1 is 1.31 bits per heavy atom. The Labute approximate surface area is 189 Å². The van der Waals surface area contributed by atoms with E-state index in [0.717, 1.165) is 37.9 Å². The average molecular weight is 518 g/mol. The molecule has 1 aliphatic carbocycles. The number of nitrogens with one attached hydrogen (secondary N) is 2. The molecule has 3 rings (SSSR count). The van der Waals surface area contributed by atoms with Gasteiger partial charge in [0.05, 0.1) is 6.10 Å². The first-order valence-electron chi connectivity index (χ1n) is 10.1. The standard InChI is InChI=1S/C21H31FN4O2.HI/c1-26(2)19(27)14-24-20(23-13-18-8-3-4-11-28-18)25-15-21(9-10-21)16-6-5-7-17(22)12-16;/h5-7,12,18H,3-4,8-11,13-15H2,1-2H3,(H2,23,24,25);1H. The lowest BCUT2D eigenvalue weighted by Gasteiger charge is -2.25. The van der Waals surface area contributed by atoms with Crippen LogP contribution in [0.15, 0.2) is 29.3 Å². The quantitative estimate of drug-likeness (QED) is 0.331. The number of benzene rings is 1. The predicted octanol–water partition coefficient (Wildman–Crippen LogP) is 2.67. The Morgan fingerprint density at radius 2 is 2.10 bits per heavy atom. The Bertz CT molecular complexity index is 704. The highest BCUT2D eigenvalue weighted by molar-refractivity contribution is 14.0. The summed E-state index contributed by atoms with van der Waals surface area (Å²) in [6.45, 7) is 2.20. The van der Waals surface area contributed by atoms with Crippen LogP contribution in [0, 0.1) is 5.82 Å². The fraction of sp³-hybridized carbons (Fsp3) is 0.619. The zero-order chi connectivity index (χ0) is 20.0. The summed E-state index contributed by atoms with van der Waals surface area (Å²) in [6.07, 6.45) is 5.52. The summed E-state index contributed by atoms with van der Waals surface area (Å²) in [5.41, 5.74) is 0.955. The summed E-state index contributed by atoms with van der Waals surface area (Å²) in [7, 11) is 3.44. The van der Waals surface area contributed by atoms with Gasteiger partial charge in [0, 0.05) is 39.2 Å². The first-order chi connectivity index (χ1) is 13.5. The lowest BCUT2D eigenvalue weighted by molar-refractivity contribution is -0.127. The molecule has 0 radical (unpaired) electrons. The van der Waals surface area contributed by atoms with E-state index in [1.165, 1.54) is 17.4 Å². The fourth-order valence-corrected chi connectivity index (χ4v) is 3.43. The Morgan fingerprint density at radius 3 is 2.72 bits per heavy atom. The Hall–Kier alpha value is -1.42. The number of hydrogen-bond donors (Lipinski definition) is 2. The fourth-order valence-electron chi connectivity index (χ4n) is 3.43. The highest BCUT2D eigenvalue weighted by atomic mass is 127. The van der Waals surface area contributed by atoms with Crippen molar-refractivity contribution >= 4 is 35.8 Å². The molecule has 1 aliphatic heterocycles. The maximum absolute atomic E-state index is 13.6. The molecule has 1 saturated heterocycles. The average Bonchev–Trinajstić information content (AvgIpc) is 3.49. The second kappa shape index (κ2) is 11.1. The van der Waals surface area contributed by atoms with E-state index in [4.69, 9.17) is 4.74 Å². The molecule has 2 aliphatic rings. The maximum Gasteiger partial charge on any atom is 0.243 e. The summed E-state index contributed by atoms with van der Waals surface area (Å²) in [5.74, 6) is 0.343. The summed E-state index contributed by atoms with van der Waals surface area (Å²) in [5, 5.41) is 6.68. The van der Waals surface area contributed by atoms with Crippen molar-refractivity contribution in [2.45, 2.75) is 43.6 Å². The minimum atomic E-state index is -0.207. The second-order valence-corrected chi connectivity index (χ2v) is 7.97. The van der Waals surface area contributed by atoms with Crippen LogP contribution >= 0.6 is 24.0 Å². The molecule has 2 fully saturated rings. The number of hydrogen-bond acceptors (Lipinski definition) is 3.